The zero-order valence-electron chi connectivity index (χ0n) is 8.62. The predicted octanol–water partition coefficient (Wildman–Crippen LogP) is 1.49. The Hall–Kier alpha value is -1.31. The number of hydrogen-bond donors (Lipinski definition) is 0. The quantitative estimate of drug-likeness (QED) is 0.723. The number of benzene rings is 1. The van der Waals surface area contributed by atoms with Gasteiger partial charge in [-0.25, -0.2) is 0 Å². The molecule has 0 bridgehead atoms. The maximum Gasteiger partial charge on any atom is 0.0520 e. The molecule has 0 N–H and O–H groups in total. The van der Waals surface area contributed by atoms with Crippen LogP contribution in [0.1, 0.15) is 32.3 Å². The van der Waals surface area contributed by atoms with Crippen LogP contribution in [0.2, 0.25) is 0 Å². The first kappa shape index (κ1) is 10.8. The van der Waals surface area contributed by atoms with Gasteiger partial charge >= 0.3 is 0 Å². The molecule has 0 aromatic heterocycles. The van der Waals surface area contributed by atoms with Crippen LogP contribution in [-0.4, -0.2) is 5.97 Å². The highest BCUT2D eigenvalue weighted by molar-refractivity contribution is 5.79. The fraction of sp³-hybridized carbons (Fsp3) is 0.417. The third kappa shape index (κ3) is 1.65. The molecule has 0 atom stereocenters. The van der Waals surface area contributed by atoms with Crippen molar-refractivity contribution in [3.05, 3.63) is 35.9 Å². The molecule has 76 valence electrons. The Kier molecular flexibility index (Phi) is 3.28. The van der Waals surface area contributed by atoms with Crippen molar-refractivity contribution in [2.45, 2.75) is 32.1 Å². The standard InChI is InChI=1S/C12H16O2/c1-3-12(4-2,11(13)14)10-8-6-5-7-9-10/h5-9H,3-4H2,1-2H3,(H,13,14)/p-1. The van der Waals surface area contributed by atoms with Crippen LogP contribution in [0.5, 0.6) is 0 Å². The van der Waals surface area contributed by atoms with Gasteiger partial charge in [-0.1, -0.05) is 44.2 Å². The van der Waals surface area contributed by atoms with Gasteiger partial charge in [0.15, 0.2) is 0 Å². The molecular weight excluding hydrogens is 176 g/mol. The molecule has 0 aliphatic rings. The van der Waals surface area contributed by atoms with Crippen molar-refractivity contribution in [1.82, 2.24) is 0 Å². The molecule has 14 heavy (non-hydrogen) atoms. The molecule has 0 amide bonds. The molecule has 1 aromatic carbocycles. The maximum atomic E-state index is 11.2. The second kappa shape index (κ2) is 4.27. The molecule has 0 heterocycles. The average molecular weight is 191 g/mol. The third-order valence-corrected chi connectivity index (χ3v) is 2.92. The van der Waals surface area contributed by atoms with Crippen LogP contribution in [0, 0.1) is 0 Å². The number of carboxylic acids is 1. The minimum absolute atomic E-state index is 0.565. The molecule has 0 unspecified atom stereocenters. The number of carboxylic acid groups (broad SMARTS) is 1. The molecule has 1 aromatic rings. The van der Waals surface area contributed by atoms with Crippen LogP contribution in [0.25, 0.3) is 0 Å². The van der Waals surface area contributed by atoms with Crippen LogP contribution < -0.4 is 5.11 Å². The van der Waals surface area contributed by atoms with E-state index in [1.54, 1.807) is 0 Å². The van der Waals surface area contributed by atoms with Crippen LogP contribution in [0.3, 0.4) is 0 Å². The fourth-order valence-corrected chi connectivity index (χ4v) is 1.82. The van der Waals surface area contributed by atoms with E-state index < -0.39 is 11.4 Å². The Labute approximate surface area is 84.6 Å². The van der Waals surface area contributed by atoms with Crippen LogP contribution >= 0.6 is 0 Å². The molecule has 0 aliphatic carbocycles. The normalized spacial score (nSPS) is 11.3. The van der Waals surface area contributed by atoms with Gasteiger partial charge in [0.05, 0.1) is 5.97 Å². The molecule has 2 heteroatoms. The van der Waals surface area contributed by atoms with Crippen molar-refractivity contribution < 1.29 is 9.90 Å². The summed E-state index contributed by atoms with van der Waals surface area (Å²) in [6.45, 7) is 3.76. The first-order valence-corrected chi connectivity index (χ1v) is 4.94. The average Bonchev–Trinajstić information content (AvgIpc) is 2.22. The highest BCUT2D eigenvalue weighted by Gasteiger charge is 2.29. The van der Waals surface area contributed by atoms with E-state index in [4.69, 9.17) is 0 Å². The van der Waals surface area contributed by atoms with Crippen molar-refractivity contribution in [3.63, 3.8) is 0 Å². The van der Waals surface area contributed by atoms with Crippen molar-refractivity contribution in [1.29, 1.82) is 0 Å². The summed E-state index contributed by atoms with van der Waals surface area (Å²) in [6, 6.07) is 9.30. The summed E-state index contributed by atoms with van der Waals surface area (Å²) in [6.07, 6.45) is 1.13. The maximum absolute atomic E-state index is 11.2. The molecule has 1 rings (SSSR count). The van der Waals surface area contributed by atoms with E-state index in [2.05, 4.69) is 0 Å². The Balaban J connectivity index is 3.18. The van der Waals surface area contributed by atoms with Crippen LogP contribution in [0.15, 0.2) is 30.3 Å². The first-order valence-electron chi connectivity index (χ1n) is 4.94. The Morgan fingerprint density at radius 3 is 2.07 bits per heavy atom. The summed E-state index contributed by atoms with van der Waals surface area (Å²) in [5.74, 6) is -0.978. The van der Waals surface area contributed by atoms with Gasteiger partial charge in [0.2, 0.25) is 0 Å². The highest BCUT2D eigenvalue weighted by atomic mass is 16.4. The molecule has 0 aliphatic heterocycles. The van der Waals surface area contributed by atoms with Crippen molar-refractivity contribution >= 4 is 5.97 Å². The number of hydrogen-bond acceptors (Lipinski definition) is 2. The minimum Gasteiger partial charge on any atom is -0.549 e. The van der Waals surface area contributed by atoms with Gasteiger partial charge in [0, 0.05) is 5.41 Å². The van der Waals surface area contributed by atoms with Gasteiger partial charge in [-0.3, -0.25) is 0 Å². The number of carbonyl (C=O) groups is 1. The lowest BCUT2D eigenvalue weighted by molar-refractivity contribution is -0.314. The summed E-state index contributed by atoms with van der Waals surface area (Å²) in [7, 11) is 0. The largest absolute Gasteiger partial charge is 0.549 e. The van der Waals surface area contributed by atoms with Gasteiger partial charge in [-0.15, -0.1) is 0 Å². The smallest absolute Gasteiger partial charge is 0.0520 e. The van der Waals surface area contributed by atoms with Gasteiger partial charge in [-0.2, -0.15) is 0 Å². The van der Waals surface area contributed by atoms with Crippen molar-refractivity contribution in [2.75, 3.05) is 0 Å². The van der Waals surface area contributed by atoms with Crippen LogP contribution in [-0.2, 0) is 10.2 Å². The Bertz CT molecular complexity index is 299. The SMILES string of the molecule is CCC(CC)(C(=O)[O-])c1ccccc1. The molecule has 0 spiro atoms. The number of rotatable bonds is 4. The summed E-state index contributed by atoms with van der Waals surface area (Å²) in [5, 5.41) is 11.2. The second-order valence-electron chi connectivity index (χ2n) is 3.44. The van der Waals surface area contributed by atoms with E-state index in [0.29, 0.717) is 12.8 Å². The highest BCUT2D eigenvalue weighted by Crippen LogP contribution is 2.30. The van der Waals surface area contributed by atoms with Crippen LogP contribution in [0.4, 0.5) is 0 Å². The number of carbonyl (C=O) groups excluding carboxylic acids is 1. The molecule has 2 nitrogen and oxygen atoms in total. The predicted molar refractivity (Wildman–Crippen MR) is 53.7 cm³/mol. The zero-order chi connectivity index (χ0) is 10.6. The van der Waals surface area contributed by atoms with E-state index >= 15 is 0 Å². The summed E-state index contributed by atoms with van der Waals surface area (Å²) in [4.78, 5) is 11.2. The van der Waals surface area contributed by atoms with E-state index in [0.717, 1.165) is 5.56 Å². The molecule has 0 fully saturated rings. The molecular formula is C12H15O2-. The lowest BCUT2D eigenvalue weighted by Crippen LogP contribution is -2.45. The first-order chi connectivity index (χ1) is 6.67. The molecule has 0 radical (unpaired) electrons. The third-order valence-electron chi connectivity index (χ3n) is 2.92. The Morgan fingerprint density at radius 1 is 1.21 bits per heavy atom. The van der Waals surface area contributed by atoms with E-state index in [1.807, 2.05) is 44.2 Å². The van der Waals surface area contributed by atoms with Crippen molar-refractivity contribution in [2.24, 2.45) is 0 Å². The van der Waals surface area contributed by atoms with Gasteiger partial charge in [0.1, 0.15) is 0 Å². The summed E-state index contributed by atoms with van der Waals surface area (Å²) >= 11 is 0. The van der Waals surface area contributed by atoms with Crippen molar-refractivity contribution in [3.8, 4) is 0 Å². The monoisotopic (exact) mass is 191 g/mol. The van der Waals surface area contributed by atoms with Gasteiger partial charge in [-0.05, 0) is 18.4 Å². The fourth-order valence-electron chi connectivity index (χ4n) is 1.82. The van der Waals surface area contributed by atoms with Gasteiger partial charge in [0.25, 0.3) is 0 Å². The van der Waals surface area contributed by atoms with E-state index in [-0.39, 0.29) is 0 Å². The molecule has 0 saturated heterocycles. The lowest BCUT2D eigenvalue weighted by atomic mass is 9.76. The summed E-state index contributed by atoms with van der Waals surface area (Å²) < 4.78 is 0. The topological polar surface area (TPSA) is 40.1 Å². The second-order valence-corrected chi connectivity index (χ2v) is 3.44. The van der Waals surface area contributed by atoms with E-state index in [1.165, 1.54) is 0 Å². The minimum atomic E-state index is -0.978. The van der Waals surface area contributed by atoms with E-state index in [9.17, 15) is 9.90 Å². The lowest BCUT2D eigenvalue weighted by Gasteiger charge is -2.33. The number of aliphatic carboxylic acids is 1. The molecule has 0 saturated carbocycles. The summed E-state index contributed by atoms with van der Waals surface area (Å²) in [5.41, 5.74) is 0.0198. The Morgan fingerprint density at radius 2 is 1.71 bits per heavy atom. The zero-order valence-corrected chi connectivity index (χ0v) is 8.62. The van der Waals surface area contributed by atoms with Gasteiger partial charge < -0.3 is 9.90 Å².